The summed E-state index contributed by atoms with van der Waals surface area (Å²) in [6.07, 6.45) is 5.98. The Hall–Kier alpha value is -0.360. The highest BCUT2D eigenvalue weighted by molar-refractivity contribution is 8.76. The smallest absolute Gasteiger partial charge is 0.220 e. The summed E-state index contributed by atoms with van der Waals surface area (Å²) in [7, 11) is 5.03. The van der Waals surface area contributed by atoms with Crippen LogP contribution in [0.25, 0.3) is 0 Å². The van der Waals surface area contributed by atoms with Gasteiger partial charge in [-0.3, -0.25) is 9.59 Å². The molecule has 0 bridgehead atoms. The van der Waals surface area contributed by atoms with Gasteiger partial charge in [-0.25, -0.2) is 0 Å². The molecule has 100 valence electrons. The molecule has 2 N–H and O–H groups in total. The SMILES string of the molecule is CNC(=O)CCCCCNC(=O)CCSSC. The Morgan fingerprint density at radius 3 is 2.47 bits per heavy atom. The van der Waals surface area contributed by atoms with E-state index >= 15 is 0 Å². The highest BCUT2D eigenvalue weighted by Crippen LogP contribution is 2.17. The summed E-state index contributed by atoms with van der Waals surface area (Å²) in [6.45, 7) is 0.719. The maximum absolute atomic E-state index is 11.3. The average molecular weight is 278 g/mol. The van der Waals surface area contributed by atoms with E-state index in [1.54, 1.807) is 28.6 Å². The Kier molecular flexibility index (Phi) is 11.8. The van der Waals surface area contributed by atoms with Gasteiger partial charge in [0.2, 0.25) is 11.8 Å². The third kappa shape index (κ3) is 11.9. The van der Waals surface area contributed by atoms with Crippen LogP contribution in [0.5, 0.6) is 0 Å². The van der Waals surface area contributed by atoms with Gasteiger partial charge < -0.3 is 10.6 Å². The highest BCUT2D eigenvalue weighted by atomic mass is 33.1. The molecule has 0 rings (SSSR count). The zero-order chi connectivity index (χ0) is 12.9. The number of carbonyl (C=O) groups is 2. The first-order chi connectivity index (χ1) is 8.20. The number of nitrogens with one attached hydrogen (secondary N) is 2. The summed E-state index contributed by atoms with van der Waals surface area (Å²) >= 11 is 0. The van der Waals surface area contributed by atoms with Crippen molar-refractivity contribution in [3.05, 3.63) is 0 Å². The first-order valence-electron chi connectivity index (χ1n) is 5.83. The van der Waals surface area contributed by atoms with Crippen LogP contribution in [0.15, 0.2) is 0 Å². The van der Waals surface area contributed by atoms with Gasteiger partial charge in [-0.2, -0.15) is 0 Å². The van der Waals surface area contributed by atoms with E-state index in [-0.39, 0.29) is 11.8 Å². The van der Waals surface area contributed by atoms with Crippen molar-refractivity contribution in [1.82, 2.24) is 10.6 Å². The highest BCUT2D eigenvalue weighted by Gasteiger charge is 2.01. The minimum absolute atomic E-state index is 0.0862. The topological polar surface area (TPSA) is 58.2 Å². The van der Waals surface area contributed by atoms with Crippen molar-refractivity contribution >= 4 is 33.4 Å². The molecule has 0 unspecified atom stereocenters. The summed E-state index contributed by atoms with van der Waals surface area (Å²) in [6, 6.07) is 0. The molecule has 0 heterocycles. The van der Waals surface area contributed by atoms with E-state index in [0.717, 1.165) is 31.6 Å². The van der Waals surface area contributed by atoms with Crippen molar-refractivity contribution in [2.75, 3.05) is 25.6 Å². The molecule has 0 aliphatic heterocycles. The van der Waals surface area contributed by atoms with Crippen LogP contribution in [0.1, 0.15) is 32.1 Å². The lowest BCUT2D eigenvalue weighted by Crippen LogP contribution is -2.24. The van der Waals surface area contributed by atoms with E-state index in [4.69, 9.17) is 0 Å². The molecule has 0 aromatic heterocycles. The van der Waals surface area contributed by atoms with Crippen LogP contribution in [-0.2, 0) is 9.59 Å². The summed E-state index contributed by atoms with van der Waals surface area (Å²) < 4.78 is 0. The van der Waals surface area contributed by atoms with Crippen molar-refractivity contribution in [3.8, 4) is 0 Å². The molecule has 0 fully saturated rings. The van der Waals surface area contributed by atoms with Crippen LogP contribution in [0.2, 0.25) is 0 Å². The van der Waals surface area contributed by atoms with E-state index in [9.17, 15) is 9.59 Å². The van der Waals surface area contributed by atoms with Crippen LogP contribution in [0, 0.1) is 0 Å². The summed E-state index contributed by atoms with van der Waals surface area (Å²) in [5, 5.41) is 5.47. The maximum atomic E-state index is 11.3. The van der Waals surface area contributed by atoms with Gasteiger partial charge in [-0.15, -0.1) is 0 Å². The molecule has 0 saturated heterocycles. The van der Waals surface area contributed by atoms with Crippen molar-refractivity contribution < 1.29 is 9.59 Å². The molecule has 0 aliphatic carbocycles. The van der Waals surface area contributed by atoms with Crippen LogP contribution in [0.4, 0.5) is 0 Å². The van der Waals surface area contributed by atoms with Crippen LogP contribution >= 0.6 is 21.6 Å². The van der Waals surface area contributed by atoms with Gasteiger partial charge in [0.25, 0.3) is 0 Å². The Bertz CT molecular complexity index is 226. The minimum atomic E-state index is 0.0862. The first-order valence-corrected chi connectivity index (χ1v) is 8.56. The first kappa shape index (κ1) is 16.6. The van der Waals surface area contributed by atoms with Gasteiger partial charge in [-0.1, -0.05) is 28.0 Å². The number of hydrogen-bond donors (Lipinski definition) is 2. The number of carbonyl (C=O) groups excluding carboxylic acids is 2. The van der Waals surface area contributed by atoms with Crippen LogP contribution in [-0.4, -0.2) is 37.4 Å². The predicted molar refractivity (Wildman–Crippen MR) is 76.1 cm³/mol. The van der Waals surface area contributed by atoms with Crippen molar-refractivity contribution in [1.29, 1.82) is 0 Å². The lowest BCUT2D eigenvalue weighted by atomic mass is 10.2. The zero-order valence-electron chi connectivity index (χ0n) is 10.6. The summed E-state index contributed by atoms with van der Waals surface area (Å²) in [5.41, 5.74) is 0. The lowest BCUT2D eigenvalue weighted by Gasteiger charge is -2.04. The zero-order valence-corrected chi connectivity index (χ0v) is 12.2. The van der Waals surface area contributed by atoms with Gasteiger partial charge in [0.1, 0.15) is 0 Å². The fourth-order valence-corrected chi connectivity index (χ4v) is 2.43. The van der Waals surface area contributed by atoms with Crippen LogP contribution in [0.3, 0.4) is 0 Å². The average Bonchev–Trinajstić information content (AvgIpc) is 2.33. The number of rotatable bonds is 10. The lowest BCUT2D eigenvalue weighted by molar-refractivity contribution is -0.121. The second-order valence-electron chi connectivity index (χ2n) is 3.57. The Balaban J connectivity index is 3.22. The molecule has 2 amide bonds. The Morgan fingerprint density at radius 1 is 1.06 bits per heavy atom. The molecule has 0 spiro atoms. The third-order valence-electron chi connectivity index (χ3n) is 2.21. The Morgan fingerprint density at radius 2 is 1.82 bits per heavy atom. The normalized spacial score (nSPS) is 10.0. The van der Waals surface area contributed by atoms with E-state index in [1.165, 1.54) is 0 Å². The van der Waals surface area contributed by atoms with Gasteiger partial charge in [0.15, 0.2) is 0 Å². The molecule has 0 atom stereocenters. The van der Waals surface area contributed by atoms with E-state index in [1.807, 2.05) is 6.26 Å². The molecular weight excluding hydrogens is 256 g/mol. The molecule has 0 aliphatic rings. The Labute approximate surface area is 111 Å². The van der Waals surface area contributed by atoms with Crippen molar-refractivity contribution in [2.45, 2.75) is 32.1 Å². The standard InChI is InChI=1S/C11H22N2O2S2/c1-12-10(14)6-4-3-5-8-13-11(15)7-9-17-16-2/h3-9H2,1-2H3,(H,12,14)(H,13,15). The van der Waals surface area contributed by atoms with Crippen LogP contribution < -0.4 is 10.6 Å². The second-order valence-corrected chi connectivity index (χ2v) is 6.26. The van der Waals surface area contributed by atoms with Gasteiger partial charge in [-0.05, 0) is 19.1 Å². The summed E-state index contributed by atoms with van der Waals surface area (Å²) in [4.78, 5) is 22.2. The van der Waals surface area contributed by atoms with Crippen molar-refractivity contribution in [3.63, 3.8) is 0 Å². The molecule has 0 aromatic carbocycles. The molecule has 6 heteroatoms. The predicted octanol–water partition coefficient (Wildman–Crippen LogP) is 1.81. The van der Waals surface area contributed by atoms with Crippen molar-refractivity contribution in [2.24, 2.45) is 0 Å². The summed E-state index contributed by atoms with van der Waals surface area (Å²) in [5.74, 6) is 1.07. The molecule has 0 aromatic rings. The number of amides is 2. The molecule has 17 heavy (non-hydrogen) atoms. The van der Waals surface area contributed by atoms with E-state index in [2.05, 4.69) is 10.6 Å². The van der Waals surface area contributed by atoms with E-state index < -0.39 is 0 Å². The maximum Gasteiger partial charge on any atom is 0.220 e. The van der Waals surface area contributed by atoms with Gasteiger partial charge in [0, 0.05) is 32.2 Å². The molecule has 0 saturated carbocycles. The fraction of sp³-hybridized carbons (Fsp3) is 0.818. The molecular formula is C11H22N2O2S2. The van der Waals surface area contributed by atoms with Gasteiger partial charge >= 0.3 is 0 Å². The number of unbranched alkanes of at least 4 members (excludes halogenated alkanes) is 2. The molecule has 4 nitrogen and oxygen atoms in total. The van der Waals surface area contributed by atoms with E-state index in [0.29, 0.717) is 12.8 Å². The van der Waals surface area contributed by atoms with Gasteiger partial charge in [0.05, 0.1) is 0 Å². The third-order valence-corrected chi connectivity index (χ3v) is 4.03. The monoisotopic (exact) mass is 278 g/mol. The second kappa shape index (κ2) is 12.1. The number of hydrogen-bond acceptors (Lipinski definition) is 4. The quantitative estimate of drug-likeness (QED) is 0.473. The molecule has 0 radical (unpaired) electrons. The minimum Gasteiger partial charge on any atom is -0.359 e. The fourth-order valence-electron chi connectivity index (χ4n) is 1.25. The largest absolute Gasteiger partial charge is 0.359 e.